The Kier molecular flexibility index (Phi) is 3.61. The highest BCUT2D eigenvalue weighted by atomic mass is 16.8. The smallest absolute Gasteiger partial charge is 0.492 e. The summed E-state index contributed by atoms with van der Waals surface area (Å²) in [5.41, 5.74) is 0. The largest absolute Gasteiger partial charge is 0.533 e. The van der Waals surface area contributed by atoms with Crippen LogP contribution in [0, 0.1) is 0 Å². The standard InChI is InChI=1S/C9H11NO5/c1-2-3-6-14-9(13)15-10-7(11)4-5-8(10)12/h2,4-5,11-12H,1,3,6H2. The van der Waals surface area contributed by atoms with E-state index in [1.165, 1.54) is 12.1 Å². The molecule has 0 radical (unpaired) electrons. The van der Waals surface area contributed by atoms with Crippen LogP contribution in [-0.4, -0.2) is 27.7 Å². The Morgan fingerprint density at radius 3 is 2.60 bits per heavy atom. The second kappa shape index (κ2) is 4.94. The van der Waals surface area contributed by atoms with E-state index in [4.69, 9.17) is 10.2 Å². The zero-order chi connectivity index (χ0) is 11.3. The summed E-state index contributed by atoms with van der Waals surface area (Å²) in [6.07, 6.45) is 1.06. The van der Waals surface area contributed by atoms with Gasteiger partial charge in [-0.2, -0.15) is 0 Å². The van der Waals surface area contributed by atoms with Gasteiger partial charge < -0.3 is 14.9 Å². The van der Waals surface area contributed by atoms with Crippen LogP contribution in [0.2, 0.25) is 0 Å². The molecule has 0 unspecified atom stereocenters. The lowest BCUT2D eigenvalue weighted by molar-refractivity contribution is 0.0366. The monoisotopic (exact) mass is 213 g/mol. The Balaban J connectivity index is 2.47. The molecule has 0 saturated heterocycles. The Bertz CT molecular complexity index is 338. The summed E-state index contributed by atoms with van der Waals surface area (Å²) < 4.78 is 5.14. The van der Waals surface area contributed by atoms with Crippen molar-refractivity contribution >= 4 is 6.16 Å². The van der Waals surface area contributed by atoms with Crippen LogP contribution in [0.5, 0.6) is 11.8 Å². The van der Waals surface area contributed by atoms with Crippen molar-refractivity contribution < 1.29 is 24.6 Å². The van der Waals surface area contributed by atoms with Gasteiger partial charge in [0, 0.05) is 12.1 Å². The van der Waals surface area contributed by atoms with Gasteiger partial charge >= 0.3 is 6.16 Å². The van der Waals surface area contributed by atoms with Gasteiger partial charge in [-0.3, -0.25) is 4.84 Å². The first-order valence-corrected chi connectivity index (χ1v) is 4.21. The lowest BCUT2D eigenvalue weighted by Crippen LogP contribution is -2.20. The third-order valence-electron chi connectivity index (χ3n) is 1.51. The maximum absolute atomic E-state index is 11.0. The van der Waals surface area contributed by atoms with Crippen LogP contribution in [0.4, 0.5) is 4.79 Å². The molecule has 1 heterocycles. The topological polar surface area (TPSA) is 80.9 Å². The average Bonchev–Trinajstić information content (AvgIpc) is 2.50. The van der Waals surface area contributed by atoms with E-state index in [-0.39, 0.29) is 6.61 Å². The van der Waals surface area contributed by atoms with Crippen molar-refractivity contribution in [1.29, 1.82) is 0 Å². The molecule has 1 rings (SSSR count). The number of rotatable bonds is 4. The van der Waals surface area contributed by atoms with Crippen molar-refractivity contribution in [2.45, 2.75) is 6.42 Å². The molecule has 1 aromatic heterocycles. The molecule has 0 aliphatic rings. The van der Waals surface area contributed by atoms with Gasteiger partial charge in [0.2, 0.25) is 11.8 Å². The molecule has 0 saturated carbocycles. The van der Waals surface area contributed by atoms with Crippen LogP contribution >= 0.6 is 0 Å². The molecule has 0 aromatic carbocycles. The minimum absolute atomic E-state index is 0.130. The molecule has 0 spiro atoms. The highest BCUT2D eigenvalue weighted by molar-refractivity contribution is 5.60. The van der Waals surface area contributed by atoms with Crippen molar-refractivity contribution in [3.05, 3.63) is 24.8 Å². The van der Waals surface area contributed by atoms with E-state index in [1.807, 2.05) is 0 Å². The number of carbonyl (C=O) groups excluding carboxylic acids is 1. The van der Waals surface area contributed by atoms with Crippen molar-refractivity contribution in [2.24, 2.45) is 0 Å². The Morgan fingerprint density at radius 1 is 1.47 bits per heavy atom. The molecule has 0 amide bonds. The molecule has 6 heteroatoms. The quantitative estimate of drug-likeness (QED) is 0.443. The molecule has 0 atom stereocenters. The van der Waals surface area contributed by atoms with E-state index < -0.39 is 17.9 Å². The van der Waals surface area contributed by atoms with Gasteiger partial charge in [-0.1, -0.05) is 6.08 Å². The fourth-order valence-electron chi connectivity index (χ4n) is 0.822. The van der Waals surface area contributed by atoms with Crippen LogP contribution in [-0.2, 0) is 4.74 Å². The van der Waals surface area contributed by atoms with E-state index in [2.05, 4.69) is 16.2 Å². The molecular weight excluding hydrogens is 202 g/mol. The number of aromatic nitrogens is 1. The molecule has 82 valence electrons. The minimum Gasteiger partial charge on any atom is -0.492 e. The van der Waals surface area contributed by atoms with E-state index >= 15 is 0 Å². The van der Waals surface area contributed by atoms with E-state index in [9.17, 15) is 4.79 Å². The highest BCUT2D eigenvalue weighted by Crippen LogP contribution is 2.18. The molecule has 0 aliphatic heterocycles. The van der Waals surface area contributed by atoms with Crippen molar-refractivity contribution in [1.82, 2.24) is 4.73 Å². The number of hydrogen-bond acceptors (Lipinski definition) is 5. The highest BCUT2D eigenvalue weighted by Gasteiger charge is 2.12. The van der Waals surface area contributed by atoms with Gasteiger partial charge in [0.15, 0.2) is 0 Å². The summed E-state index contributed by atoms with van der Waals surface area (Å²) >= 11 is 0. The van der Waals surface area contributed by atoms with Crippen molar-refractivity contribution in [3.8, 4) is 11.8 Å². The number of ether oxygens (including phenoxy) is 1. The summed E-state index contributed by atoms with van der Waals surface area (Å²) in [4.78, 5) is 15.5. The summed E-state index contributed by atoms with van der Waals surface area (Å²) in [6, 6.07) is 2.35. The van der Waals surface area contributed by atoms with Gasteiger partial charge in [-0.25, -0.2) is 4.79 Å². The maximum atomic E-state index is 11.0. The Labute approximate surface area is 85.9 Å². The van der Waals surface area contributed by atoms with E-state index in [0.717, 1.165) is 0 Å². The third-order valence-corrected chi connectivity index (χ3v) is 1.51. The number of aromatic hydroxyl groups is 2. The van der Waals surface area contributed by atoms with Gasteiger partial charge in [-0.05, 0) is 6.42 Å². The molecule has 1 aromatic rings. The molecule has 15 heavy (non-hydrogen) atoms. The predicted molar refractivity (Wildman–Crippen MR) is 50.5 cm³/mol. The third kappa shape index (κ3) is 2.94. The van der Waals surface area contributed by atoms with E-state index in [1.54, 1.807) is 6.08 Å². The Hall–Kier alpha value is -2.11. The van der Waals surface area contributed by atoms with E-state index in [0.29, 0.717) is 11.2 Å². The van der Waals surface area contributed by atoms with Gasteiger partial charge in [-0.15, -0.1) is 11.3 Å². The normalized spacial score (nSPS) is 9.60. The van der Waals surface area contributed by atoms with Crippen LogP contribution in [0.15, 0.2) is 24.8 Å². The van der Waals surface area contributed by atoms with Crippen LogP contribution in [0.3, 0.4) is 0 Å². The maximum Gasteiger partial charge on any atom is 0.533 e. The molecule has 0 fully saturated rings. The lowest BCUT2D eigenvalue weighted by Gasteiger charge is -2.06. The first-order chi connectivity index (χ1) is 7.15. The van der Waals surface area contributed by atoms with Crippen LogP contribution in [0.25, 0.3) is 0 Å². The fourth-order valence-corrected chi connectivity index (χ4v) is 0.822. The van der Waals surface area contributed by atoms with Crippen LogP contribution in [0.1, 0.15) is 6.42 Å². The molecule has 0 bridgehead atoms. The summed E-state index contributed by atoms with van der Waals surface area (Å²) in [6.45, 7) is 3.57. The van der Waals surface area contributed by atoms with Crippen molar-refractivity contribution in [3.63, 3.8) is 0 Å². The molecular formula is C9H11NO5. The van der Waals surface area contributed by atoms with Crippen LogP contribution < -0.4 is 4.84 Å². The zero-order valence-electron chi connectivity index (χ0n) is 7.92. The summed E-state index contributed by atoms with van der Waals surface area (Å²) in [5.74, 6) is -0.790. The van der Waals surface area contributed by atoms with Gasteiger partial charge in [0.05, 0.1) is 6.61 Å². The number of nitrogens with zero attached hydrogens (tertiary/aromatic N) is 1. The number of carbonyl (C=O) groups is 1. The second-order valence-electron chi connectivity index (χ2n) is 2.61. The first kappa shape index (κ1) is 11.0. The summed E-state index contributed by atoms with van der Waals surface area (Å²) in [7, 11) is 0. The Morgan fingerprint density at radius 2 is 2.07 bits per heavy atom. The zero-order valence-corrected chi connectivity index (χ0v) is 7.92. The van der Waals surface area contributed by atoms with Gasteiger partial charge in [0.1, 0.15) is 0 Å². The molecule has 2 N–H and O–H groups in total. The SMILES string of the molecule is C=CCCOC(=O)On1c(O)ccc1O. The molecule has 0 aliphatic carbocycles. The predicted octanol–water partition coefficient (Wildman–Crippen LogP) is 1.04. The minimum atomic E-state index is -1.02. The first-order valence-electron chi connectivity index (χ1n) is 4.21. The van der Waals surface area contributed by atoms with Crippen molar-refractivity contribution in [2.75, 3.05) is 6.61 Å². The second-order valence-corrected chi connectivity index (χ2v) is 2.61. The average molecular weight is 213 g/mol. The number of hydrogen-bond donors (Lipinski definition) is 2. The lowest BCUT2D eigenvalue weighted by atomic mass is 10.5. The molecule has 6 nitrogen and oxygen atoms in total. The summed E-state index contributed by atoms with van der Waals surface area (Å²) in [5, 5.41) is 18.2. The van der Waals surface area contributed by atoms with Gasteiger partial charge in [0.25, 0.3) is 0 Å². The fraction of sp³-hybridized carbons (Fsp3) is 0.222.